The van der Waals surface area contributed by atoms with Gasteiger partial charge in [0.15, 0.2) is 0 Å². The highest BCUT2D eigenvalue weighted by molar-refractivity contribution is 5.97. The third-order valence-electron chi connectivity index (χ3n) is 8.32. The number of anilines is 1. The monoisotopic (exact) mass is 662 g/mol. The van der Waals surface area contributed by atoms with Crippen molar-refractivity contribution >= 4 is 57.3 Å². The number of amides is 1. The smallest absolute Gasteiger partial charge is 0.269 e. The van der Waals surface area contributed by atoms with Crippen LogP contribution in [0.2, 0.25) is 0 Å². The van der Waals surface area contributed by atoms with Gasteiger partial charge in [-0.3, -0.25) is 20.3 Å². The third-order valence-corrected chi connectivity index (χ3v) is 8.32. The van der Waals surface area contributed by atoms with Crippen molar-refractivity contribution in [1.29, 1.82) is 5.41 Å². The Bertz CT molecular complexity index is 2090. The van der Waals surface area contributed by atoms with Gasteiger partial charge < -0.3 is 19.9 Å². The van der Waals surface area contributed by atoms with Crippen molar-refractivity contribution in [1.82, 2.24) is 9.55 Å². The standard InChI is InChI=1S/C37H34N6O4.ClH/c1-41-34-19-18-31(21-33(34)40-35(41)20-13-25-9-14-28(15-10-25)37(38)39)42(22-29-7-4-6-27-5-2-3-8-32(27)29)36(44)24-47-23-26-11-16-30(17-12-26)43(45)46;/h2-12,14-19,21H,13,20,22-24H2,1H3,(H3,38,39);1H. The van der Waals surface area contributed by atoms with Gasteiger partial charge in [-0.05, 0) is 64.2 Å². The molecule has 0 saturated heterocycles. The second-order valence-electron chi connectivity index (χ2n) is 11.4. The van der Waals surface area contributed by atoms with Crippen LogP contribution in [-0.4, -0.2) is 32.8 Å². The molecule has 10 nitrogen and oxygen atoms in total. The summed E-state index contributed by atoms with van der Waals surface area (Å²) in [6.45, 7) is 0.310. The number of nitrogen functional groups attached to an aromatic ring is 1. The van der Waals surface area contributed by atoms with Gasteiger partial charge in [0, 0.05) is 36.9 Å². The Hall–Kier alpha value is -5.58. The van der Waals surface area contributed by atoms with E-state index >= 15 is 0 Å². The van der Waals surface area contributed by atoms with E-state index in [2.05, 4.69) is 22.8 Å². The molecule has 48 heavy (non-hydrogen) atoms. The third kappa shape index (κ3) is 7.52. The summed E-state index contributed by atoms with van der Waals surface area (Å²) < 4.78 is 7.89. The maximum atomic E-state index is 13.8. The first-order valence-electron chi connectivity index (χ1n) is 15.2. The number of nitrogens with one attached hydrogen (secondary N) is 1. The number of amidine groups is 1. The predicted molar refractivity (Wildman–Crippen MR) is 191 cm³/mol. The highest BCUT2D eigenvalue weighted by Gasteiger charge is 2.20. The lowest BCUT2D eigenvalue weighted by Gasteiger charge is -2.24. The molecule has 0 saturated carbocycles. The van der Waals surface area contributed by atoms with Crippen molar-refractivity contribution in [2.24, 2.45) is 12.8 Å². The minimum Gasteiger partial charge on any atom is -0.384 e. The van der Waals surface area contributed by atoms with E-state index in [1.54, 1.807) is 17.0 Å². The van der Waals surface area contributed by atoms with Gasteiger partial charge in [-0.1, -0.05) is 66.7 Å². The Labute approximate surface area is 283 Å². The van der Waals surface area contributed by atoms with Crippen molar-refractivity contribution in [3.05, 3.63) is 147 Å². The molecule has 0 aliphatic rings. The summed E-state index contributed by atoms with van der Waals surface area (Å²) >= 11 is 0. The average molecular weight is 663 g/mol. The zero-order chi connectivity index (χ0) is 32.9. The molecular weight excluding hydrogens is 628 g/mol. The zero-order valence-corrected chi connectivity index (χ0v) is 27.2. The molecule has 0 bridgehead atoms. The number of aromatic nitrogens is 2. The normalized spacial score (nSPS) is 10.9. The fourth-order valence-corrected chi connectivity index (χ4v) is 5.71. The van der Waals surface area contributed by atoms with Crippen LogP contribution in [0.3, 0.4) is 0 Å². The summed E-state index contributed by atoms with van der Waals surface area (Å²) in [7, 11) is 1.99. The van der Waals surface area contributed by atoms with Crippen LogP contribution >= 0.6 is 12.4 Å². The van der Waals surface area contributed by atoms with E-state index in [0.29, 0.717) is 17.8 Å². The van der Waals surface area contributed by atoms with Crippen molar-refractivity contribution in [3.8, 4) is 0 Å². The van der Waals surface area contributed by atoms with Crippen molar-refractivity contribution < 1.29 is 14.5 Å². The number of nitrogens with zero attached hydrogens (tertiary/aromatic N) is 4. The number of hydrogen-bond acceptors (Lipinski definition) is 6. The number of nitrogens with two attached hydrogens (primary N) is 1. The fraction of sp³-hybridized carbons (Fsp3) is 0.162. The molecule has 5 aromatic carbocycles. The second-order valence-corrected chi connectivity index (χ2v) is 11.4. The lowest BCUT2D eigenvalue weighted by molar-refractivity contribution is -0.384. The number of halogens is 1. The fourth-order valence-electron chi connectivity index (χ4n) is 5.71. The zero-order valence-electron chi connectivity index (χ0n) is 26.3. The number of hydrogen-bond donors (Lipinski definition) is 2. The molecule has 0 radical (unpaired) electrons. The molecule has 1 heterocycles. The van der Waals surface area contributed by atoms with Crippen LogP contribution in [0, 0.1) is 15.5 Å². The molecule has 11 heteroatoms. The topological polar surface area (TPSA) is 140 Å². The lowest BCUT2D eigenvalue weighted by atomic mass is 10.0. The van der Waals surface area contributed by atoms with Gasteiger partial charge in [-0.25, -0.2) is 4.98 Å². The first kappa shape index (κ1) is 33.8. The van der Waals surface area contributed by atoms with Gasteiger partial charge in [0.2, 0.25) is 0 Å². The Kier molecular flexibility index (Phi) is 10.5. The molecule has 0 spiro atoms. The van der Waals surface area contributed by atoms with E-state index in [-0.39, 0.29) is 43.1 Å². The van der Waals surface area contributed by atoms with E-state index in [1.807, 2.05) is 73.8 Å². The molecule has 0 unspecified atom stereocenters. The minimum atomic E-state index is -0.448. The summed E-state index contributed by atoms with van der Waals surface area (Å²) in [5.74, 6) is 0.752. The summed E-state index contributed by atoms with van der Waals surface area (Å²) in [5.41, 5.74) is 11.6. The number of nitro benzene ring substituents is 1. The quantitative estimate of drug-likeness (QED) is 0.0634. The van der Waals surface area contributed by atoms with E-state index in [9.17, 15) is 14.9 Å². The maximum absolute atomic E-state index is 13.8. The number of benzene rings is 5. The van der Waals surface area contributed by atoms with Crippen molar-refractivity contribution in [3.63, 3.8) is 0 Å². The molecule has 3 N–H and O–H groups in total. The Balaban J connectivity index is 0.00000451. The van der Waals surface area contributed by atoms with Crippen molar-refractivity contribution in [2.75, 3.05) is 11.5 Å². The second kappa shape index (κ2) is 14.9. The predicted octanol–water partition coefficient (Wildman–Crippen LogP) is 6.88. The Morgan fingerprint density at radius 2 is 1.65 bits per heavy atom. The number of nitro groups is 1. The average Bonchev–Trinajstić information content (AvgIpc) is 3.40. The molecule has 1 amide bonds. The molecule has 0 atom stereocenters. The highest BCUT2D eigenvalue weighted by Crippen LogP contribution is 2.27. The van der Waals surface area contributed by atoms with Crippen LogP contribution in [0.25, 0.3) is 21.8 Å². The van der Waals surface area contributed by atoms with Gasteiger partial charge in [0.05, 0.1) is 29.1 Å². The molecule has 6 rings (SSSR count). The number of imidazole rings is 1. The van der Waals surface area contributed by atoms with Crippen LogP contribution in [0.1, 0.15) is 28.1 Å². The number of non-ortho nitro benzene ring substituents is 1. The SMILES string of the molecule is Cl.Cn1c(CCc2ccc(C(=N)N)cc2)nc2cc(N(Cc3cccc4ccccc34)C(=O)COCc3ccc([N+](=O)[O-])cc3)ccc21. The van der Waals surface area contributed by atoms with Crippen LogP contribution in [0.5, 0.6) is 0 Å². The first-order chi connectivity index (χ1) is 22.8. The largest absolute Gasteiger partial charge is 0.384 e. The van der Waals surface area contributed by atoms with Gasteiger partial charge in [-0.15, -0.1) is 12.4 Å². The van der Waals surface area contributed by atoms with Crippen molar-refractivity contribution in [2.45, 2.75) is 26.0 Å². The maximum Gasteiger partial charge on any atom is 0.269 e. The van der Waals surface area contributed by atoms with Crippen LogP contribution < -0.4 is 10.6 Å². The number of ether oxygens (including phenoxy) is 1. The molecule has 0 fully saturated rings. The van der Waals surface area contributed by atoms with E-state index < -0.39 is 4.92 Å². The van der Waals surface area contributed by atoms with Gasteiger partial charge in [0.1, 0.15) is 18.3 Å². The summed E-state index contributed by atoms with van der Waals surface area (Å²) in [6, 6.07) is 33.8. The van der Waals surface area contributed by atoms with Gasteiger partial charge in [0.25, 0.3) is 11.6 Å². The van der Waals surface area contributed by atoms with E-state index in [1.165, 1.54) is 12.1 Å². The number of aryl methyl sites for hydroxylation is 3. The lowest BCUT2D eigenvalue weighted by Crippen LogP contribution is -2.33. The number of rotatable bonds is 12. The summed E-state index contributed by atoms with van der Waals surface area (Å²) in [4.78, 5) is 31.0. The Morgan fingerprint density at radius 1 is 0.938 bits per heavy atom. The molecule has 0 aliphatic heterocycles. The molecule has 244 valence electrons. The highest BCUT2D eigenvalue weighted by atomic mass is 35.5. The first-order valence-corrected chi connectivity index (χ1v) is 15.2. The van der Waals surface area contributed by atoms with E-state index in [0.717, 1.165) is 57.2 Å². The minimum absolute atomic E-state index is 0. The number of carbonyl (C=O) groups excluding carboxylic acids is 1. The van der Waals surface area contributed by atoms with Gasteiger partial charge >= 0.3 is 0 Å². The molecular formula is C37H35ClN6O4. The van der Waals surface area contributed by atoms with Crippen LogP contribution in [0.15, 0.2) is 109 Å². The molecule has 0 aliphatic carbocycles. The van der Waals surface area contributed by atoms with Gasteiger partial charge in [-0.2, -0.15) is 0 Å². The molecule has 1 aromatic heterocycles. The number of fused-ring (bicyclic) bond motifs is 2. The summed E-state index contributed by atoms with van der Waals surface area (Å²) in [6.07, 6.45) is 1.50. The van der Waals surface area contributed by atoms with Crippen LogP contribution in [0.4, 0.5) is 11.4 Å². The number of carbonyl (C=O) groups is 1. The molecule has 6 aromatic rings. The van der Waals surface area contributed by atoms with Crippen LogP contribution in [-0.2, 0) is 42.6 Å². The Morgan fingerprint density at radius 3 is 2.38 bits per heavy atom. The van der Waals surface area contributed by atoms with E-state index in [4.69, 9.17) is 20.9 Å². The summed E-state index contributed by atoms with van der Waals surface area (Å²) in [5, 5.41) is 20.8.